The van der Waals surface area contributed by atoms with E-state index in [1.165, 1.54) is 14.2 Å². The van der Waals surface area contributed by atoms with E-state index < -0.39 is 29.9 Å². The molecule has 0 heterocycles. The van der Waals surface area contributed by atoms with Crippen molar-refractivity contribution in [3.8, 4) is 12.3 Å². The van der Waals surface area contributed by atoms with E-state index in [1.54, 1.807) is 0 Å². The topological polar surface area (TPSA) is 108 Å². The molecule has 19 heavy (non-hydrogen) atoms. The van der Waals surface area contributed by atoms with Gasteiger partial charge in [0, 0.05) is 12.8 Å². The second-order valence-electron chi connectivity index (χ2n) is 3.71. The van der Waals surface area contributed by atoms with Crippen molar-refractivity contribution >= 4 is 17.8 Å². The molecular weight excluding hydrogens is 252 g/mol. The fourth-order valence-electron chi connectivity index (χ4n) is 1.24. The highest BCUT2D eigenvalue weighted by molar-refractivity contribution is 5.87. The minimum absolute atomic E-state index is 0.00212. The Bertz CT molecular complexity index is 375. The molecule has 0 spiro atoms. The van der Waals surface area contributed by atoms with Gasteiger partial charge in [0.1, 0.15) is 6.04 Å². The summed E-state index contributed by atoms with van der Waals surface area (Å²) in [5.74, 6) is 0.573. The molecule has 0 rings (SSSR count). The molecule has 2 atom stereocenters. The van der Waals surface area contributed by atoms with Gasteiger partial charge in [0.05, 0.1) is 20.3 Å². The fraction of sp³-hybridized carbons (Fsp3) is 0.583. The van der Waals surface area contributed by atoms with Crippen molar-refractivity contribution in [3.05, 3.63) is 0 Å². The van der Waals surface area contributed by atoms with Crippen LogP contribution in [0.4, 0.5) is 0 Å². The molecule has 106 valence electrons. The summed E-state index contributed by atoms with van der Waals surface area (Å²) in [5, 5.41) is 2.38. The molecule has 0 saturated carbocycles. The lowest BCUT2D eigenvalue weighted by Gasteiger charge is -2.17. The summed E-state index contributed by atoms with van der Waals surface area (Å²) in [5.41, 5.74) is 5.58. The number of terminal acetylenes is 1. The van der Waals surface area contributed by atoms with Crippen molar-refractivity contribution < 1.29 is 23.9 Å². The third-order valence-electron chi connectivity index (χ3n) is 2.35. The molecule has 7 heteroatoms. The number of nitrogens with one attached hydrogen (secondary N) is 1. The Morgan fingerprint density at radius 3 is 2.42 bits per heavy atom. The second-order valence-corrected chi connectivity index (χ2v) is 3.71. The summed E-state index contributed by atoms with van der Waals surface area (Å²) in [6.45, 7) is 0. The van der Waals surface area contributed by atoms with Crippen molar-refractivity contribution in [2.45, 2.75) is 31.3 Å². The van der Waals surface area contributed by atoms with Crippen LogP contribution in [-0.4, -0.2) is 44.1 Å². The molecule has 3 N–H and O–H groups in total. The highest BCUT2D eigenvalue weighted by Crippen LogP contribution is 2.00. The molecule has 0 aliphatic rings. The van der Waals surface area contributed by atoms with Crippen LogP contribution in [0.1, 0.15) is 19.3 Å². The molecule has 0 bridgehead atoms. The van der Waals surface area contributed by atoms with E-state index in [0.29, 0.717) is 0 Å². The maximum atomic E-state index is 11.7. The average molecular weight is 270 g/mol. The van der Waals surface area contributed by atoms with E-state index in [2.05, 4.69) is 20.7 Å². The summed E-state index contributed by atoms with van der Waals surface area (Å²) >= 11 is 0. The standard InChI is InChI=1S/C12H18N2O5/c1-4-5-9(12(17)19-3)14-11(16)8(13)6-7-10(15)18-2/h1,8-9H,5-7,13H2,2-3H3,(H,14,16). The lowest BCUT2D eigenvalue weighted by atomic mass is 10.1. The van der Waals surface area contributed by atoms with E-state index in [4.69, 9.17) is 12.2 Å². The van der Waals surface area contributed by atoms with Crippen LogP contribution in [0.3, 0.4) is 0 Å². The van der Waals surface area contributed by atoms with Crippen LogP contribution in [0.25, 0.3) is 0 Å². The van der Waals surface area contributed by atoms with Crippen LogP contribution < -0.4 is 11.1 Å². The van der Waals surface area contributed by atoms with Crippen LogP contribution >= 0.6 is 0 Å². The third-order valence-corrected chi connectivity index (χ3v) is 2.35. The van der Waals surface area contributed by atoms with Crippen LogP contribution in [0.2, 0.25) is 0 Å². The predicted molar refractivity (Wildman–Crippen MR) is 66.6 cm³/mol. The SMILES string of the molecule is C#CCC(NC(=O)C(N)CCC(=O)OC)C(=O)OC. The highest BCUT2D eigenvalue weighted by Gasteiger charge is 2.23. The van der Waals surface area contributed by atoms with Crippen molar-refractivity contribution in [2.24, 2.45) is 5.73 Å². The fourth-order valence-corrected chi connectivity index (χ4v) is 1.24. The van der Waals surface area contributed by atoms with Gasteiger partial charge in [0.15, 0.2) is 0 Å². The van der Waals surface area contributed by atoms with Gasteiger partial charge in [-0.25, -0.2) is 4.79 Å². The number of nitrogens with two attached hydrogens (primary N) is 1. The molecule has 0 aromatic carbocycles. The summed E-state index contributed by atoms with van der Waals surface area (Å²) in [7, 11) is 2.43. The first-order valence-electron chi connectivity index (χ1n) is 5.60. The number of esters is 2. The number of rotatable bonds is 7. The highest BCUT2D eigenvalue weighted by atomic mass is 16.5. The molecule has 0 fully saturated rings. The van der Waals surface area contributed by atoms with Gasteiger partial charge in [-0.2, -0.15) is 0 Å². The summed E-state index contributed by atoms with van der Waals surface area (Å²) in [6, 6.07) is -1.87. The lowest BCUT2D eigenvalue weighted by molar-refractivity contribution is -0.145. The zero-order valence-electron chi connectivity index (χ0n) is 11.0. The smallest absolute Gasteiger partial charge is 0.329 e. The van der Waals surface area contributed by atoms with Gasteiger partial charge in [-0.3, -0.25) is 9.59 Å². The van der Waals surface area contributed by atoms with Crippen molar-refractivity contribution in [2.75, 3.05) is 14.2 Å². The van der Waals surface area contributed by atoms with Gasteiger partial charge in [-0.1, -0.05) is 0 Å². The van der Waals surface area contributed by atoms with Crippen molar-refractivity contribution in [3.63, 3.8) is 0 Å². The Hall–Kier alpha value is -2.07. The van der Waals surface area contributed by atoms with E-state index >= 15 is 0 Å². The Balaban J connectivity index is 4.35. The minimum atomic E-state index is -0.938. The number of carbonyl (C=O) groups excluding carboxylic acids is 3. The van der Waals surface area contributed by atoms with E-state index in [9.17, 15) is 14.4 Å². The molecular formula is C12H18N2O5. The summed E-state index contributed by atoms with van der Waals surface area (Å²) in [6.07, 6.45) is 5.22. The van der Waals surface area contributed by atoms with Crippen LogP contribution in [-0.2, 0) is 23.9 Å². The Morgan fingerprint density at radius 2 is 1.95 bits per heavy atom. The maximum absolute atomic E-state index is 11.7. The Labute approximate surface area is 111 Å². The van der Waals surface area contributed by atoms with Crippen LogP contribution in [0.5, 0.6) is 0 Å². The van der Waals surface area contributed by atoms with Gasteiger partial charge >= 0.3 is 11.9 Å². The second kappa shape index (κ2) is 8.94. The molecule has 0 aliphatic heterocycles. The zero-order chi connectivity index (χ0) is 14.8. The molecule has 7 nitrogen and oxygen atoms in total. The number of ether oxygens (including phenoxy) is 2. The van der Waals surface area contributed by atoms with Crippen molar-refractivity contribution in [1.29, 1.82) is 0 Å². The zero-order valence-corrected chi connectivity index (χ0v) is 11.0. The van der Waals surface area contributed by atoms with Crippen LogP contribution in [0.15, 0.2) is 0 Å². The first-order valence-corrected chi connectivity index (χ1v) is 5.60. The third kappa shape index (κ3) is 6.43. The van der Waals surface area contributed by atoms with E-state index in [1.807, 2.05) is 0 Å². The number of hydrogen-bond acceptors (Lipinski definition) is 6. The molecule has 0 aromatic rings. The average Bonchev–Trinajstić information content (AvgIpc) is 2.42. The molecule has 0 saturated heterocycles. The van der Waals surface area contributed by atoms with Gasteiger partial charge < -0.3 is 20.5 Å². The minimum Gasteiger partial charge on any atom is -0.469 e. The largest absolute Gasteiger partial charge is 0.469 e. The molecule has 0 radical (unpaired) electrons. The summed E-state index contributed by atoms with van der Waals surface area (Å²) in [4.78, 5) is 33.9. The van der Waals surface area contributed by atoms with Gasteiger partial charge in [0.25, 0.3) is 0 Å². The van der Waals surface area contributed by atoms with E-state index in [0.717, 1.165) is 0 Å². The number of carbonyl (C=O) groups is 3. The van der Waals surface area contributed by atoms with E-state index in [-0.39, 0.29) is 19.3 Å². The maximum Gasteiger partial charge on any atom is 0.329 e. The first-order chi connectivity index (χ1) is 8.96. The van der Waals surface area contributed by atoms with Crippen molar-refractivity contribution in [1.82, 2.24) is 5.32 Å². The van der Waals surface area contributed by atoms with Gasteiger partial charge in [-0.15, -0.1) is 12.3 Å². The lowest BCUT2D eigenvalue weighted by Crippen LogP contribution is -2.48. The Morgan fingerprint density at radius 1 is 1.32 bits per heavy atom. The van der Waals surface area contributed by atoms with Crippen LogP contribution in [0, 0.1) is 12.3 Å². The Kier molecular flexibility index (Phi) is 7.97. The van der Waals surface area contributed by atoms with Gasteiger partial charge in [0.2, 0.25) is 5.91 Å². The van der Waals surface area contributed by atoms with Gasteiger partial charge in [-0.05, 0) is 6.42 Å². The predicted octanol–water partition coefficient (Wildman–Crippen LogP) is -1.05. The molecule has 0 aliphatic carbocycles. The molecule has 2 unspecified atom stereocenters. The summed E-state index contributed by atoms with van der Waals surface area (Å²) < 4.78 is 8.93. The molecule has 0 aromatic heterocycles. The normalized spacial score (nSPS) is 12.7. The monoisotopic (exact) mass is 270 g/mol. The number of methoxy groups -OCH3 is 2. The molecule has 1 amide bonds. The quantitative estimate of drug-likeness (QED) is 0.451. The first kappa shape index (κ1) is 16.9. The number of amides is 1. The number of hydrogen-bond donors (Lipinski definition) is 2.